The molecule has 0 saturated heterocycles. The molecular formula is C12H16ClF3N2O. The smallest absolute Gasteiger partial charge is 0.254 e. The molecule has 3 nitrogen and oxygen atoms in total. The van der Waals surface area contributed by atoms with E-state index >= 15 is 0 Å². The van der Waals surface area contributed by atoms with Crippen LogP contribution in [0.2, 0.25) is 0 Å². The third-order valence-corrected chi connectivity index (χ3v) is 2.40. The van der Waals surface area contributed by atoms with Crippen LogP contribution in [0.3, 0.4) is 0 Å². The molecule has 7 heteroatoms. The second kappa shape index (κ2) is 8.01. The molecule has 0 radical (unpaired) electrons. The summed E-state index contributed by atoms with van der Waals surface area (Å²) < 4.78 is 38.9. The second-order valence-corrected chi connectivity index (χ2v) is 3.89. The van der Waals surface area contributed by atoms with Crippen LogP contribution < -0.4 is 10.6 Å². The molecule has 0 heterocycles. The van der Waals surface area contributed by atoms with Crippen LogP contribution in [-0.4, -0.2) is 25.0 Å². The lowest BCUT2D eigenvalue weighted by Gasteiger charge is -2.13. The predicted octanol–water partition coefficient (Wildman–Crippen LogP) is 2.25. The normalized spacial score (nSPS) is 11.6. The summed E-state index contributed by atoms with van der Waals surface area (Å²) in [6.45, 7) is 4.75. The highest BCUT2D eigenvalue weighted by molar-refractivity contribution is 5.94. The van der Waals surface area contributed by atoms with E-state index in [0.717, 1.165) is 18.7 Å². The molecule has 2 N–H and O–H groups in total. The van der Waals surface area contributed by atoms with Gasteiger partial charge in [0.25, 0.3) is 5.91 Å². The number of nitrogens with one attached hydrogen (secondary N) is 2. The van der Waals surface area contributed by atoms with E-state index < -0.39 is 28.9 Å². The monoisotopic (exact) mass is 296 g/mol. The molecule has 19 heavy (non-hydrogen) atoms. The molecule has 0 aliphatic carbocycles. The maximum absolute atomic E-state index is 13.3. The molecule has 0 aromatic heterocycles. The van der Waals surface area contributed by atoms with Crippen LogP contribution in [0.5, 0.6) is 0 Å². The summed E-state index contributed by atoms with van der Waals surface area (Å²) >= 11 is 0. The molecule has 1 atom stereocenters. The zero-order valence-corrected chi connectivity index (χ0v) is 11.4. The number of amides is 1. The van der Waals surface area contributed by atoms with Crippen molar-refractivity contribution in [1.29, 1.82) is 0 Å². The molecule has 0 aliphatic heterocycles. The number of carbonyl (C=O) groups excluding carboxylic acids is 1. The molecule has 0 saturated carbocycles. The Kier molecular flexibility index (Phi) is 7.48. The molecule has 1 aromatic rings. The summed E-state index contributed by atoms with van der Waals surface area (Å²) in [5.74, 6) is -5.19. The van der Waals surface area contributed by atoms with Crippen LogP contribution in [-0.2, 0) is 0 Å². The van der Waals surface area contributed by atoms with Gasteiger partial charge in [-0.15, -0.1) is 12.4 Å². The number of rotatable bonds is 5. The second-order valence-electron chi connectivity index (χ2n) is 3.89. The highest BCUT2D eigenvalue weighted by Crippen LogP contribution is 2.14. The summed E-state index contributed by atoms with van der Waals surface area (Å²) in [7, 11) is 0. The van der Waals surface area contributed by atoms with Crippen LogP contribution in [0.15, 0.2) is 12.1 Å². The Morgan fingerprint density at radius 2 is 1.89 bits per heavy atom. The van der Waals surface area contributed by atoms with Gasteiger partial charge in [0.1, 0.15) is 0 Å². The maximum Gasteiger partial charge on any atom is 0.254 e. The molecular weight excluding hydrogens is 281 g/mol. The third kappa shape index (κ3) is 4.72. The average molecular weight is 297 g/mol. The van der Waals surface area contributed by atoms with E-state index in [1.165, 1.54) is 0 Å². The predicted molar refractivity (Wildman–Crippen MR) is 69.0 cm³/mol. The van der Waals surface area contributed by atoms with Gasteiger partial charge < -0.3 is 10.6 Å². The Hall–Kier alpha value is -1.27. The maximum atomic E-state index is 13.3. The van der Waals surface area contributed by atoms with Gasteiger partial charge in [-0.3, -0.25) is 4.79 Å². The van der Waals surface area contributed by atoms with Gasteiger partial charge in [-0.05, 0) is 25.6 Å². The van der Waals surface area contributed by atoms with Crippen molar-refractivity contribution in [2.75, 3.05) is 13.1 Å². The van der Waals surface area contributed by atoms with Gasteiger partial charge in [0.15, 0.2) is 17.5 Å². The van der Waals surface area contributed by atoms with Crippen LogP contribution in [0.25, 0.3) is 0 Å². The Bertz CT molecular complexity index is 443. The number of halogens is 4. The van der Waals surface area contributed by atoms with Crippen molar-refractivity contribution in [3.8, 4) is 0 Å². The fourth-order valence-corrected chi connectivity index (χ4v) is 1.46. The summed E-state index contributed by atoms with van der Waals surface area (Å²) in [4.78, 5) is 11.6. The number of benzene rings is 1. The Balaban J connectivity index is 0.00000324. The van der Waals surface area contributed by atoms with Gasteiger partial charge in [0, 0.05) is 12.6 Å². The van der Waals surface area contributed by atoms with Gasteiger partial charge in [-0.2, -0.15) is 0 Å². The fourth-order valence-electron chi connectivity index (χ4n) is 1.46. The third-order valence-electron chi connectivity index (χ3n) is 2.40. The number of carbonyl (C=O) groups is 1. The van der Waals surface area contributed by atoms with E-state index in [-0.39, 0.29) is 25.0 Å². The van der Waals surface area contributed by atoms with E-state index in [1.54, 1.807) is 0 Å². The number of hydrogen-bond donors (Lipinski definition) is 2. The van der Waals surface area contributed by atoms with E-state index in [2.05, 4.69) is 10.6 Å². The summed E-state index contributed by atoms with van der Waals surface area (Å²) in [6.07, 6.45) is 0. The quantitative estimate of drug-likeness (QED) is 0.818. The minimum Gasteiger partial charge on any atom is -0.350 e. The first kappa shape index (κ1) is 17.7. The molecule has 1 amide bonds. The van der Waals surface area contributed by atoms with Crippen molar-refractivity contribution >= 4 is 18.3 Å². The van der Waals surface area contributed by atoms with Gasteiger partial charge in [-0.1, -0.05) is 6.92 Å². The van der Waals surface area contributed by atoms with Gasteiger partial charge in [0.2, 0.25) is 0 Å². The van der Waals surface area contributed by atoms with E-state index in [1.807, 2.05) is 13.8 Å². The van der Waals surface area contributed by atoms with Crippen molar-refractivity contribution in [2.45, 2.75) is 19.9 Å². The standard InChI is InChI=1S/C12H15F3N2O.ClH/c1-3-16-7(2)6-17-12(18)8-4-5-9(13)11(15)10(8)14;/h4-5,7,16H,3,6H2,1-2H3,(H,17,18);1H/t7-;/m1./s1. The highest BCUT2D eigenvalue weighted by Gasteiger charge is 2.18. The summed E-state index contributed by atoms with van der Waals surface area (Å²) in [6, 6.07) is 1.65. The van der Waals surface area contributed by atoms with Crippen LogP contribution in [0, 0.1) is 17.5 Å². The molecule has 0 fully saturated rings. The van der Waals surface area contributed by atoms with Crippen LogP contribution >= 0.6 is 12.4 Å². The number of hydrogen-bond acceptors (Lipinski definition) is 2. The largest absolute Gasteiger partial charge is 0.350 e. The molecule has 0 unspecified atom stereocenters. The Morgan fingerprint density at radius 3 is 2.47 bits per heavy atom. The topological polar surface area (TPSA) is 41.1 Å². The molecule has 1 rings (SSSR count). The average Bonchev–Trinajstić information content (AvgIpc) is 2.34. The van der Waals surface area contributed by atoms with E-state index in [0.29, 0.717) is 0 Å². The van der Waals surface area contributed by atoms with Gasteiger partial charge in [-0.25, -0.2) is 13.2 Å². The lowest BCUT2D eigenvalue weighted by molar-refractivity contribution is 0.0945. The van der Waals surface area contributed by atoms with E-state index in [4.69, 9.17) is 0 Å². The molecule has 108 valence electrons. The minimum absolute atomic E-state index is 0. The highest BCUT2D eigenvalue weighted by atomic mass is 35.5. The minimum atomic E-state index is -1.64. The van der Waals surface area contributed by atoms with Crippen molar-refractivity contribution in [2.24, 2.45) is 0 Å². The van der Waals surface area contributed by atoms with Crippen LogP contribution in [0.4, 0.5) is 13.2 Å². The lowest BCUT2D eigenvalue weighted by atomic mass is 10.2. The lowest BCUT2D eigenvalue weighted by Crippen LogP contribution is -2.39. The van der Waals surface area contributed by atoms with Crippen molar-refractivity contribution in [3.63, 3.8) is 0 Å². The summed E-state index contributed by atoms with van der Waals surface area (Å²) in [5, 5.41) is 5.49. The van der Waals surface area contributed by atoms with E-state index in [9.17, 15) is 18.0 Å². The zero-order valence-electron chi connectivity index (χ0n) is 10.6. The molecule has 1 aromatic carbocycles. The summed E-state index contributed by atoms with van der Waals surface area (Å²) in [5.41, 5.74) is -0.502. The van der Waals surface area contributed by atoms with Crippen molar-refractivity contribution in [1.82, 2.24) is 10.6 Å². The Labute approximate surface area is 116 Å². The first-order chi connectivity index (χ1) is 8.47. The molecule has 0 aliphatic rings. The van der Waals surface area contributed by atoms with Gasteiger partial charge >= 0.3 is 0 Å². The van der Waals surface area contributed by atoms with Crippen LogP contribution in [0.1, 0.15) is 24.2 Å². The molecule has 0 bridgehead atoms. The van der Waals surface area contributed by atoms with Gasteiger partial charge in [0.05, 0.1) is 5.56 Å². The zero-order chi connectivity index (χ0) is 13.7. The number of likely N-dealkylation sites (N-methyl/N-ethyl adjacent to an activating group) is 1. The van der Waals surface area contributed by atoms with Crippen molar-refractivity contribution in [3.05, 3.63) is 35.1 Å². The first-order valence-corrected chi connectivity index (χ1v) is 5.62. The molecule has 0 spiro atoms. The first-order valence-electron chi connectivity index (χ1n) is 5.62. The Morgan fingerprint density at radius 1 is 1.26 bits per heavy atom. The fraction of sp³-hybridized carbons (Fsp3) is 0.417. The SMILES string of the molecule is CCN[C@H](C)CNC(=O)c1ccc(F)c(F)c1F.Cl. The van der Waals surface area contributed by atoms with Crippen molar-refractivity contribution < 1.29 is 18.0 Å².